The van der Waals surface area contributed by atoms with E-state index in [4.69, 9.17) is 4.74 Å². The Hall–Kier alpha value is -2.18. The molecular weight excluding hydrogens is 270 g/mol. The highest BCUT2D eigenvalue weighted by Crippen LogP contribution is 2.27. The molecule has 3 rings (SSSR count). The maximum absolute atomic E-state index is 11.6. The van der Waals surface area contributed by atoms with E-state index in [1.165, 1.54) is 7.11 Å². The molecule has 1 fully saturated rings. The maximum Gasteiger partial charge on any atom is 0.307 e. The Morgan fingerprint density at radius 3 is 3.10 bits per heavy atom. The third kappa shape index (κ3) is 2.55. The fraction of sp³-hybridized carbons (Fsp3) is 0.571. The molecule has 3 heterocycles. The number of hydrogen-bond donors (Lipinski definition) is 0. The summed E-state index contributed by atoms with van der Waals surface area (Å²) >= 11 is 0. The summed E-state index contributed by atoms with van der Waals surface area (Å²) < 4.78 is 6.73. The van der Waals surface area contributed by atoms with Gasteiger partial charge in [-0.1, -0.05) is 0 Å². The normalized spacial score (nSPS) is 19.0. The summed E-state index contributed by atoms with van der Waals surface area (Å²) in [5.74, 6) is 1.44. The molecule has 0 bridgehead atoms. The fourth-order valence-electron chi connectivity index (χ4n) is 2.90. The molecule has 0 radical (unpaired) electrons. The zero-order chi connectivity index (χ0) is 14.8. The number of hydrogen-bond acceptors (Lipinski definition) is 6. The molecule has 0 spiro atoms. The minimum atomic E-state index is -0.184. The van der Waals surface area contributed by atoms with Crippen molar-refractivity contribution in [1.82, 2.24) is 19.6 Å². The monoisotopic (exact) mass is 289 g/mol. The van der Waals surface area contributed by atoms with E-state index >= 15 is 0 Å². The topological polar surface area (TPSA) is 72.6 Å². The molecule has 1 atom stereocenters. The first kappa shape index (κ1) is 13.8. The van der Waals surface area contributed by atoms with Crippen molar-refractivity contribution in [3.63, 3.8) is 0 Å². The molecule has 0 N–H and O–H groups in total. The number of esters is 1. The van der Waals surface area contributed by atoms with Crippen LogP contribution in [0.5, 0.6) is 0 Å². The van der Waals surface area contributed by atoms with E-state index in [9.17, 15) is 4.79 Å². The first-order valence-corrected chi connectivity index (χ1v) is 7.20. The van der Waals surface area contributed by atoms with Crippen molar-refractivity contribution in [2.24, 2.45) is 0 Å². The number of piperidine rings is 1. The highest BCUT2D eigenvalue weighted by molar-refractivity contribution is 5.72. The average molecular weight is 289 g/mol. The quantitative estimate of drug-likeness (QED) is 0.794. The molecule has 0 aromatic carbocycles. The number of fused-ring (bicyclic) bond motifs is 1. The average Bonchev–Trinajstić information content (AvgIpc) is 2.89. The zero-order valence-electron chi connectivity index (χ0n) is 12.3. The van der Waals surface area contributed by atoms with Gasteiger partial charge in [-0.25, -0.2) is 4.98 Å². The van der Waals surface area contributed by atoms with Crippen molar-refractivity contribution in [2.45, 2.75) is 38.6 Å². The molecule has 2 aromatic rings. The Labute approximate surface area is 122 Å². The van der Waals surface area contributed by atoms with Gasteiger partial charge in [-0.15, -0.1) is 10.2 Å². The molecule has 0 amide bonds. The summed E-state index contributed by atoms with van der Waals surface area (Å²) in [6.45, 7) is 2.78. The van der Waals surface area contributed by atoms with Crippen LogP contribution in [0.2, 0.25) is 0 Å². The summed E-state index contributed by atoms with van der Waals surface area (Å²) in [6, 6.07) is 0.113. The van der Waals surface area contributed by atoms with Crippen molar-refractivity contribution in [3.8, 4) is 0 Å². The Morgan fingerprint density at radius 2 is 2.29 bits per heavy atom. The van der Waals surface area contributed by atoms with E-state index in [2.05, 4.69) is 20.1 Å². The predicted octanol–water partition coefficient (Wildman–Crippen LogP) is 1.35. The number of anilines is 1. The van der Waals surface area contributed by atoms with Crippen LogP contribution in [0.4, 0.5) is 5.82 Å². The van der Waals surface area contributed by atoms with E-state index in [0.717, 1.165) is 43.1 Å². The number of aromatic nitrogens is 4. The second kappa shape index (κ2) is 5.67. The minimum Gasteiger partial charge on any atom is -0.469 e. The van der Waals surface area contributed by atoms with Crippen LogP contribution in [0.3, 0.4) is 0 Å². The van der Waals surface area contributed by atoms with E-state index in [1.807, 2.05) is 17.5 Å². The molecular formula is C14H19N5O2. The molecule has 21 heavy (non-hydrogen) atoms. The maximum atomic E-state index is 11.6. The lowest BCUT2D eigenvalue weighted by Crippen LogP contribution is -2.41. The second-order valence-corrected chi connectivity index (χ2v) is 5.31. The van der Waals surface area contributed by atoms with E-state index < -0.39 is 0 Å². The van der Waals surface area contributed by atoms with Gasteiger partial charge in [0.2, 0.25) is 5.65 Å². The predicted molar refractivity (Wildman–Crippen MR) is 77.1 cm³/mol. The largest absolute Gasteiger partial charge is 0.469 e. The number of carbonyl (C=O) groups excluding carboxylic acids is 1. The number of ether oxygens (including phenoxy) is 1. The SMILES string of the molecule is COC(=O)CC1CCCCN1c1nccn2c(C)nnc12. The second-order valence-electron chi connectivity index (χ2n) is 5.31. The van der Waals surface area contributed by atoms with E-state index in [-0.39, 0.29) is 12.0 Å². The van der Waals surface area contributed by atoms with Gasteiger partial charge in [0.1, 0.15) is 5.82 Å². The molecule has 112 valence electrons. The van der Waals surface area contributed by atoms with Crippen LogP contribution in [0.25, 0.3) is 5.65 Å². The first-order valence-electron chi connectivity index (χ1n) is 7.20. The summed E-state index contributed by atoms with van der Waals surface area (Å²) in [5, 5.41) is 8.33. The minimum absolute atomic E-state index is 0.113. The fourth-order valence-corrected chi connectivity index (χ4v) is 2.90. The summed E-state index contributed by atoms with van der Waals surface area (Å²) in [4.78, 5) is 18.3. The Balaban J connectivity index is 1.96. The third-order valence-corrected chi connectivity index (χ3v) is 4.01. The van der Waals surface area contributed by atoms with Crippen molar-refractivity contribution in [1.29, 1.82) is 0 Å². The van der Waals surface area contributed by atoms with Crippen molar-refractivity contribution >= 4 is 17.4 Å². The summed E-state index contributed by atoms with van der Waals surface area (Å²) in [7, 11) is 1.43. The van der Waals surface area contributed by atoms with Crippen LogP contribution in [0.15, 0.2) is 12.4 Å². The van der Waals surface area contributed by atoms with Gasteiger partial charge >= 0.3 is 5.97 Å². The van der Waals surface area contributed by atoms with Crippen LogP contribution < -0.4 is 4.90 Å². The Bertz CT molecular complexity index is 654. The van der Waals surface area contributed by atoms with Crippen LogP contribution in [0.1, 0.15) is 31.5 Å². The van der Waals surface area contributed by atoms with Crippen LogP contribution in [0, 0.1) is 6.92 Å². The molecule has 1 aliphatic rings. The Morgan fingerprint density at radius 1 is 1.43 bits per heavy atom. The van der Waals surface area contributed by atoms with Gasteiger partial charge in [0.25, 0.3) is 0 Å². The van der Waals surface area contributed by atoms with E-state index in [0.29, 0.717) is 6.42 Å². The molecule has 7 heteroatoms. The lowest BCUT2D eigenvalue weighted by atomic mass is 9.99. The molecule has 1 saturated heterocycles. The number of rotatable bonds is 3. The van der Waals surface area contributed by atoms with Gasteiger partial charge in [-0.05, 0) is 26.2 Å². The number of methoxy groups -OCH3 is 1. The Kier molecular flexibility index (Phi) is 3.72. The highest BCUT2D eigenvalue weighted by Gasteiger charge is 2.28. The number of nitrogens with zero attached hydrogens (tertiary/aromatic N) is 5. The zero-order valence-corrected chi connectivity index (χ0v) is 12.3. The van der Waals surface area contributed by atoms with Gasteiger partial charge in [-0.3, -0.25) is 9.20 Å². The smallest absolute Gasteiger partial charge is 0.307 e. The van der Waals surface area contributed by atoms with Gasteiger partial charge in [0, 0.05) is 25.0 Å². The van der Waals surface area contributed by atoms with Crippen LogP contribution in [-0.2, 0) is 9.53 Å². The molecule has 7 nitrogen and oxygen atoms in total. The van der Waals surface area contributed by atoms with Gasteiger partial charge < -0.3 is 9.64 Å². The number of aryl methyl sites for hydroxylation is 1. The molecule has 1 aliphatic heterocycles. The highest BCUT2D eigenvalue weighted by atomic mass is 16.5. The summed E-state index contributed by atoms with van der Waals surface area (Å²) in [6.07, 6.45) is 7.16. The van der Waals surface area contributed by atoms with Crippen LogP contribution >= 0.6 is 0 Å². The first-order chi connectivity index (χ1) is 10.2. The van der Waals surface area contributed by atoms with Crippen molar-refractivity contribution in [3.05, 3.63) is 18.2 Å². The van der Waals surface area contributed by atoms with E-state index in [1.54, 1.807) is 6.20 Å². The molecule has 0 aliphatic carbocycles. The van der Waals surface area contributed by atoms with Crippen molar-refractivity contribution in [2.75, 3.05) is 18.6 Å². The lowest BCUT2D eigenvalue weighted by molar-refractivity contribution is -0.141. The summed E-state index contributed by atoms with van der Waals surface area (Å²) in [5.41, 5.74) is 0.742. The van der Waals surface area contributed by atoms with Gasteiger partial charge in [0.15, 0.2) is 5.82 Å². The van der Waals surface area contributed by atoms with Crippen LogP contribution in [-0.4, -0.2) is 45.2 Å². The molecule has 0 saturated carbocycles. The lowest BCUT2D eigenvalue weighted by Gasteiger charge is -2.36. The van der Waals surface area contributed by atoms with Gasteiger partial charge in [-0.2, -0.15) is 0 Å². The standard InChI is InChI=1S/C14H19N5O2/c1-10-16-17-14-13(15-6-8-18(10)14)19-7-4-3-5-11(19)9-12(20)21-2/h6,8,11H,3-5,7,9H2,1-2H3. The molecule has 2 aromatic heterocycles. The third-order valence-electron chi connectivity index (χ3n) is 4.01. The number of carbonyl (C=O) groups is 1. The van der Waals surface area contributed by atoms with Gasteiger partial charge in [0.05, 0.1) is 13.5 Å². The van der Waals surface area contributed by atoms with Crippen molar-refractivity contribution < 1.29 is 9.53 Å². The molecule has 1 unspecified atom stereocenters.